The Bertz CT molecular complexity index is 186. The molecule has 0 bridgehead atoms. The Morgan fingerprint density at radius 3 is 2.19 bits per heavy atom. The fraction of sp³-hybridized carbons (Fsp3) is 0.867. The molecule has 1 aliphatic rings. The minimum atomic E-state index is 0.486. The predicted molar refractivity (Wildman–Crippen MR) is 70.7 cm³/mol. The van der Waals surface area contributed by atoms with Gasteiger partial charge in [0.25, 0.3) is 0 Å². The molecule has 2 atom stereocenters. The molecule has 0 N–H and O–H groups in total. The summed E-state index contributed by atoms with van der Waals surface area (Å²) in [6.07, 6.45) is 17.0. The molecule has 2 unspecified atom stereocenters. The van der Waals surface area contributed by atoms with Gasteiger partial charge in [0.2, 0.25) is 0 Å². The predicted octanol–water partition coefficient (Wildman–Crippen LogP) is 4.86. The Balaban J connectivity index is 2.21. The Labute approximate surface area is 101 Å². The van der Waals surface area contributed by atoms with E-state index < -0.39 is 0 Å². The van der Waals surface area contributed by atoms with Crippen LogP contribution in [0.5, 0.6) is 0 Å². The maximum absolute atomic E-state index is 6.17. The molecule has 1 rings (SSSR count). The first-order valence-corrected chi connectivity index (χ1v) is 7.17. The van der Waals surface area contributed by atoms with Crippen molar-refractivity contribution < 1.29 is 4.74 Å². The smallest absolute Gasteiger partial charge is 0.0613 e. The van der Waals surface area contributed by atoms with Gasteiger partial charge in [-0.3, -0.25) is 0 Å². The number of hydrogen-bond donors (Lipinski definition) is 0. The van der Waals surface area contributed by atoms with Crippen molar-refractivity contribution in [2.45, 2.75) is 83.8 Å². The normalized spacial score (nSPS) is 25.6. The molecule has 1 heteroatoms. The van der Waals surface area contributed by atoms with Gasteiger partial charge in [0.1, 0.15) is 0 Å². The lowest BCUT2D eigenvalue weighted by Gasteiger charge is -2.21. The van der Waals surface area contributed by atoms with Gasteiger partial charge < -0.3 is 4.74 Å². The lowest BCUT2D eigenvalue weighted by Crippen LogP contribution is -2.20. The van der Waals surface area contributed by atoms with E-state index in [0.717, 1.165) is 12.8 Å². The van der Waals surface area contributed by atoms with Crippen LogP contribution in [-0.4, -0.2) is 12.2 Å². The quantitative estimate of drug-likeness (QED) is 0.443. The van der Waals surface area contributed by atoms with Gasteiger partial charge in [0.15, 0.2) is 0 Å². The third-order valence-corrected chi connectivity index (χ3v) is 3.34. The van der Waals surface area contributed by atoms with E-state index in [0.29, 0.717) is 12.2 Å². The molecule has 1 nitrogen and oxygen atoms in total. The minimum Gasteiger partial charge on any atom is -0.374 e. The second-order valence-electron chi connectivity index (χ2n) is 4.96. The van der Waals surface area contributed by atoms with Crippen molar-refractivity contribution in [3.8, 4) is 0 Å². The lowest BCUT2D eigenvalue weighted by molar-refractivity contribution is -0.0145. The molecular weight excluding hydrogens is 196 g/mol. The van der Waals surface area contributed by atoms with E-state index in [2.05, 4.69) is 26.0 Å². The summed E-state index contributed by atoms with van der Waals surface area (Å²) in [7, 11) is 0. The van der Waals surface area contributed by atoms with Gasteiger partial charge in [-0.2, -0.15) is 0 Å². The van der Waals surface area contributed by atoms with Crippen LogP contribution in [0.15, 0.2) is 12.2 Å². The summed E-state index contributed by atoms with van der Waals surface area (Å²) in [6.45, 7) is 4.51. The summed E-state index contributed by atoms with van der Waals surface area (Å²) in [5.74, 6) is 0. The van der Waals surface area contributed by atoms with Gasteiger partial charge in [-0.05, 0) is 25.7 Å². The highest BCUT2D eigenvalue weighted by atomic mass is 16.5. The first kappa shape index (κ1) is 13.8. The van der Waals surface area contributed by atoms with E-state index in [1.807, 2.05) is 0 Å². The van der Waals surface area contributed by atoms with Crippen LogP contribution in [0.25, 0.3) is 0 Å². The van der Waals surface area contributed by atoms with Crippen molar-refractivity contribution >= 4 is 0 Å². The monoisotopic (exact) mass is 224 g/mol. The fourth-order valence-corrected chi connectivity index (χ4v) is 2.37. The number of unbranched alkanes of at least 4 members (excludes halogenated alkanes) is 3. The van der Waals surface area contributed by atoms with Gasteiger partial charge in [0.05, 0.1) is 12.2 Å². The van der Waals surface area contributed by atoms with Crippen molar-refractivity contribution in [1.82, 2.24) is 0 Å². The molecule has 94 valence electrons. The van der Waals surface area contributed by atoms with Crippen LogP contribution in [0, 0.1) is 0 Å². The molecule has 0 spiro atoms. The molecule has 0 amide bonds. The molecule has 0 aromatic rings. The molecule has 0 aliphatic carbocycles. The van der Waals surface area contributed by atoms with Crippen LogP contribution >= 0.6 is 0 Å². The van der Waals surface area contributed by atoms with E-state index in [1.165, 1.54) is 44.9 Å². The zero-order valence-electron chi connectivity index (χ0n) is 11.1. The largest absolute Gasteiger partial charge is 0.374 e. The minimum absolute atomic E-state index is 0.486. The highest BCUT2D eigenvalue weighted by molar-refractivity contribution is 4.90. The highest BCUT2D eigenvalue weighted by Gasteiger charge is 2.16. The van der Waals surface area contributed by atoms with Crippen LogP contribution in [0.1, 0.15) is 71.6 Å². The standard InChI is InChI=1S/C15H28O/c1-3-5-6-7-11-15-13-9-8-12-14(16-15)10-4-2/h8-9,14-15H,3-7,10-13H2,1-2H3. The van der Waals surface area contributed by atoms with Gasteiger partial charge >= 0.3 is 0 Å². The summed E-state index contributed by atoms with van der Waals surface area (Å²) < 4.78 is 6.17. The van der Waals surface area contributed by atoms with Crippen molar-refractivity contribution in [2.75, 3.05) is 0 Å². The van der Waals surface area contributed by atoms with E-state index >= 15 is 0 Å². The number of hydrogen-bond acceptors (Lipinski definition) is 1. The van der Waals surface area contributed by atoms with Gasteiger partial charge in [-0.1, -0.05) is 58.1 Å². The summed E-state index contributed by atoms with van der Waals surface area (Å²) >= 11 is 0. The maximum Gasteiger partial charge on any atom is 0.0613 e. The van der Waals surface area contributed by atoms with Crippen molar-refractivity contribution in [3.05, 3.63) is 12.2 Å². The van der Waals surface area contributed by atoms with Crippen LogP contribution in [-0.2, 0) is 4.74 Å². The van der Waals surface area contributed by atoms with Gasteiger partial charge in [0, 0.05) is 0 Å². The fourth-order valence-electron chi connectivity index (χ4n) is 2.37. The summed E-state index contributed by atoms with van der Waals surface area (Å²) in [4.78, 5) is 0. The molecule has 0 radical (unpaired) electrons. The Hall–Kier alpha value is -0.300. The average Bonchev–Trinajstić information content (AvgIpc) is 2.51. The molecule has 0 saturated carbocycles. The third-order valence-electron chi connectivity index (χ3n) is 3.34. The Morgan fingerprint density at radius 1 is 0.875 bits per heavy atom. The topological polar surface area (TPSA) is 9.23 Å². The maximum atomic E-state index is 6.17. The van der Waals surface area contributed by atoms with Gasteiger partial charge in [-0.15, -0.1) is 0 Å². The Kier molecular flexibility index (Phi) is 7.58. The Morgan fingerprint density at radius 2 is 1.56 bits per heavy atom. The molecule has 1 aliphatic heterocycles. The lowest BCUT2D eigenvalue weighted by atomic mass is 10.1. The van der Waals surface area contributed by atoms with E-state index in [9.17, 15) is 0 Å². The summed E-state index contributed by atoms with van der Waals surface area (Å²) in [6, 6.07) is 0. The van der Waals surface area contributed by atoms with Crippen LogP contribution in [0.3, 0.4) is 0 Å². The van der Waals surface area contributed by atoms with Crippen LogP contribution in [0.4, 0.5) is 0 Å². The molecule has 0 fully saturated rings. The van der Waals surface area contributed by atoms with Crippen molar-refractivity contribution in [2.24, 2.45) is 0 Å². The van der Waals surface area contributed by atoms with Crippen molar-refractivity contribution in [3.63, 3.8) is 0 Å². The average molecular weight is 224 g/mol. The molecule has 1 heterocycles. The first-order valence-electron chi connectivity index (χ1n) is 7.17. The van der Waals surface area contributed by atoms with Crippen LogP contribution < -0.4 is 0 Å². The van der Waals surface area contributed by atoms with E-state index in [-0.39, 0.29) is 0 Å². The van der Waals surface area contributed by atoms with Crippen LogP contribution in [0.2, 0.25) is 0 Å². The SMILES string of the molecule is CCCCCCC1CC=CCC(CCC)O1. The zero-order valence-corrected chi connectivity index (χ0v) is 11.1. The molecule has 0 aromatic heterocycles. The third kappa shape index (κ3) is 5.69. The zero-order chi connectivity index (χ0) is 11.6. The van der Waals surface area contributed by atoms with Crippen molar-refractivity contribution in [1.29, 1.82) is 0 Å². The second-order valence-corrected chi connectivity index (χ2v) is 4.96. The number of rotatable bonds is 7. The second kappa shape index (κ2) is 8.81. The molecular formula is C15H28O. The molecule has 0 saturated heterocycles. The number of ether oxygens (including phenoxy) is 1. The molecule has 16 heavy (non-hydrogen) atoms. The summed E-state index contributed by atoms with van der Waals surface area (Å²) in [5, 5.41) is 0. The van der Waals surface area contributed by atoms with Gasteiger partial charge in [-0.25, -0.2) is 0 Å². The summed E-state index contributed by atoms with van der Waals surface area (Å²) in [5.41, 5.74) is 0. The first-order chi connectivity index (χ1) is 7.86. The highest BCUT2D eigenvalue weighted by Crippen LogP contribution is 2.20. The molecule has 0 aromatic carbocycles. The van der Waals surface area contributed by atoms with E-state index in [1.54, 1.807) is 0 Å². The van der Waals surface area contributed by atoms with E-state index in [4.69, 9.17) is 4.74 Å².